The molecule has 1 fully saturated rings. The third kappa shape index (κ3) is 4.26. The zero-order chi connectivity index (χ0) is 16.8. The first kappa shape index (κ1) is 16.8. The number of hydrogen-bond donors (Lipinski definition) is 1. The van der Waals surface area contributed by atoms with Gasteiger partial charge in [0.2, 0.25) is 0 Å². The third-order valence-corrected chi connectivity index (χ3v) is 4.52. The highest BCUT2D eigenvalue weighted by Crippen LogP contribution is 2.26. The molecular formula is C19H23ClN4. The van der Waals surface area contributed by atoms with E-state index >= 15 is 0 Å². The van der Waals surface area contributed by atoms with E-state index in [1.54, 1.807) is 12.3 Å². The van der Waals surface area contributed by atoms with E-state index < -0.39 is 0 Å². The summed E-state index contributed by atoms with van der Waals surface area (Å²) in [7, 11) is 0. The number of likely N-dealkylation sites (tertiary alicyclic amines) is 1. The number of aliphatic imine (C=N–C) groups is 1. The lowest BCUT2D eigenvalue weighted by molar-refractivity contribution is 0.486. The fraction of sp³-hybridized carbons (Fsp3) is 0.368. The van der Waals surface area contributed by atoms with Gasteiger partial charge in [-0.3, -0.25) is 0 Å². The number of benzene rings is 1. The molecule has 1 saturated heterocycles. The molecule has 1 atom stereocenters. The van der Waals surface area contributed by atoms with Crippen molar-refractivity contribution in [2.45, 2.75) is 25.8 Å². The largest absolute Gasteiger partial charge is 0.357 e. The minimum Gasteiger partial charge on any atom is -0.357 e. The summed E-state index contributed by atoms with van der Waals surface area (Å²) in [6, 6.07) is 14.5. The van der Waals surface area contributed by atoms with Crippen molar-refractivity contribution in [3.8, 4) is 0 Å². The summed E-state index contributed by atoms with van der Waals surface area (Å²) in [6.07, 6.45) is 2.95. The Morgan fingerprint density at radius 2 is 2.12 bits per heavy atom. The van der Waals surface area contributed by atoms with Crippen molar-refractivity contribution < 1.29 is 0 Å². The molecule has 2 heterocycles. The molecule has 24 heavy (non-hydrogen) atoms. The average Bonchev–Trinajstić information content (AvgIpc) is 3.11. The molecule has 5 heteroatoms. The molecule has 1 aliphatic rings. The van der Waals surface area contributed by atoms with Gasteiger partial charge in [0.25, 0.3) is 0 Å². The van der Waals surface area contributed by atoms with Crippen LogP contribution < -0.4 is 5.32 Å². The van der Waals surface area contributed by atoms with Crippen molar-refractivity contribution in [2.24, 2.45) is 4.99 Å². The summed E-state index contributed by atoms with van der Waals surface area (Å²) < 4.78 is 0. The highest BCUT2D eigenvalue weighted by Gasteiger charge is 2.25. The van der Waals surface area contributed by atoms with E-state index in [0.29, 0.717) is 17.6 Å². The van der Waals surface area contributed by atoms with Crippen LogP contribution in [-0.2, 0) is 6.54 Å². The molecule has 0 bridgehead atoms. The van der Waals surface area contributed by atoms with E-state index in [2.05, 4.69) is 52.5 Å². The van der Waals surface area contributed by atoms with Crippen LogP contribution in [0, 0.1) is 0 Å². The van der Waals surface area contributed by atoms with E-state index in [1.807, 2.05) is 6.07 Å². The summed E-state index contributed by atoms with van der Waals surface area (Å²) in [5, 5.41) is 3.92. The Morgan fingerprint density at radius 3 is 2.83 bits per heavy atom. The molecular weight excluding hydrogens is 320 g/mol. The summed E-state index contributed by atoms with van der Waals surface area (Å²) in [6.45, 7) is 5.62. The summed E-state index contributed by atoms with van der Waals surface area (Å²) >= 11 is 5.83. The first-order valence-electron chi connectivity index (χ1n) is 8.45. The highest BCUT2D eigenvalue weighted by atomic mass is 35.5. The van der Waals surface area contributed by atoms with Gasteiger partial charge < -0.3 is 10.2 Å². The summed E-state index contributed by atoms with van der Waals surface area (Å²) in [5.74, 6) is 1.55. The maximum absolute atomic E-state index is 5.83. The first-order valence-corrected chi connectivity index (χ1v) is 8.82. The lowest BCUT2D eigenvalue weighted by atomic mass is 9.99. The maximum atomic E-state index is 5.83. The third-order valence-electron chi connectivity index (χ3n) is 4.29. The van der Waals surface area contributed by atoms with E-state index in [9.17, 15) is 0 Å². The van der Waals surface area contributed by atoms with Crippen molar-refractivity contribution in [1.29, 1.82) is 0 Å². The van der Waals surface area contributed by atoms with Crippen LogP contribution in [0.25, 0.3) is 0 Å². The van der Waals surface area contributed by atoms with E-state index in [-0.39, 0.29) is 0 Å². The van der Waals surface area contributed by atoms with Gasteiger partial charge in [0.1, 0.15) is 5.15 Å². The van der Waals surface area contributed by atoms with Crippen LogP contribution >= 0.6 is 11.6 Å². The van der Waals surface area contributed by atoms with E-state index in [0.717, 1.165) is 37.6 Å². The molecule has 4 nitrogen and oxygen atoms in total. The molecule has 0 aliphatic carbocycles. The van der Waals surface area contributed by atoms with Gasteiger partial charge in [-0.25, -0.2) is 9.98 Å². The number of pyridine rings is 1. The van der Waals surface area contributed by atoms with Gasteiger partial charge in [0.05, 0.1) is 6.54 Å². The minimum atomic E-state index is 0.514. The van der Waals surface area contributed by atoms with Crippen LogP contribution in [0.4, 0.5) is 0 Å². The lowest BCUT2D eigenvalue weighted by Gasteiger charge is -2.21. The van der Waals surface area contributed by atoms with E-state index in [4.69, 9.17) is 16.6 Å². The fourth-order valence-corrected chi connectivity index (χ4v) is 3.15. The Hall–Kier alpha value is -2.07. The SMILES string of the molecule is CCNC(=NCc1ccc(Cl)nc1)N1CCC(c2ccccc2)C1. The Morgan fingerprint density at radius 1 is 1.29 bits per heavy atom. The molecule has 2 aromatic rings. The average molecular weight is 343 g/mol. The quantitative estimate of drug-likeness (QED) is 0.523. The normalized spacial score (nSPS) is 18.0. The summed E-state index contributed by atoms with van der Waals surface area (Å²) in [5.41, 5.74) is 2.48. The van der Waals surface area contributed by atoms with Gasteiger partial charge in [-0.1, -0.05) is 48.0 Å². The number of rotatable bonds is 4. The van der Waals surface area contributed by atoms with Gasteiger partial charge in [0.15, 0.2) is 5.96 Å². The molecule has 0 amide bonds. The second kappa shape index (κ2) is 8.15. The predicted molar refractivity (Wildman–Crippen MR) is 99.4 cm³/mol. The molecule has 1 aromatic heterocycles. The standard InChI is InChI=1S/C19H23ClN4/c1-2-21-19(23-13-15-8-9-18(20)22-12-15)24-11-10-17(14-24)16-6-4-3-5-7-16/h3-9,12,17H,2,10-11,13-14H2,1H3,(H,21,23). The maximum Gasteiger partial charge on any atom is 0.194 e. The highest BCUT2D eigenvalue weighted by molar-refractivity contribution is 6.29. The zero-order valence-corrected chi connectivity index (χ0v) is 14.7. The molecule has 1 aromatic carbocycles. The van der Waals surface area contributed by atoms with Crippen molar-refractivity contribution in [1.82, 2.24) is 15.2 Å². The zero-order valence-electron chi connectivity index (χ0n) is 14.0. The van der Waals surface area contributed by atoms with Gasteiger partial charge in [-0.2, -0.15) is 0 Å². The molecule has 1 aliphatic heterocycles. The number of halogens is 1. The molecule has 1 unspecified atom stereocenters. The number of nitrogens with zero attached hydrogens (tertiary/aromatic N) is 3. The topological polar surface area (TPSA) is 40.5 Å². The summed E-state index contributed by atoms with van der Waals surface area (Å²) in [4.78, 5) is 11.2. The Bertz CT molecular complexity index is 670. The Balaban J connectivity index is 1.67. The number of aromatic nitrogens is 1. The van der Waals surface area contributed by atoms with Crippen molar-refractivity contribution in [3.05, 3.63) is 64.9 Å². The van der Waals surface area contributed by atoms with Gasteiger partial charge >= 0.3 is 0 Å². The van der Waals surface area contributed by atoms with Crippen molar-refractivity contribution in [3.63, 3.8) is 0 Å². The monoisotopic (exact) mass is 342 g/mol. The first-order chi connectivity index (χ1) is 11.8. The van der Waals surface area contributed by atoms with Crippen LogP contribution in [0.5, 0.6) is 0 Å². The smallest absolute Gasteiger partial charge is 0.194 e. The number of nitrogens with one attached hydrogen (secondary N) is 1. The van der Waals surface area contributed by atoms with Crippen LogP contribution in [0.1, 0.15) is 30.4 Å². The van der Waals surface area contributed by atoms with Crippen LogP contribution in [-0.4, -0.2) is 35.5 Å². The second-order valence-electron chi connectivity index (χ2n) is 6.00. The molecule has 0 saturated carbocycles. The Kier molecular flexibility index (Phi) is 5.70. The molecule has 3 rings (SSSR count). The van der Waals surface area contributed by atoms with Crippen molar-refractivity contribution in [2.75, 3.05) is 19.6 Å². The predicted octanol–water partition coefficient (Wildman–Crippen LogP) is 3.69. The van der Waals surface area contributed by atoms with Crippen LogP contribution in [0.2, 0.25) is 5.15 Å². The number of hydrogen-bond acceptors (Lipinski definition) is 2. The number of guanidine groups is 1. The van der Waals surface area contributed by atoms with Crippen LogP contribution in [0.3, 0.4) is 0 Å². The van der Waals surface area contributed by atoms with Gasteiger partial charge in [-0.15, -0.1) is 0 Å². The minimum absolute atomic E-state index is 0.514. The van der Waals surface area contributed by atoms with E-state index in [1.165, 1.54) is 5.56 Å². The molecule has 1 N–H and O–H groups in total. The van der Waals surface area contributed by atoms with Gasteiger partial charge in [0, 0.05) is 31.7 Å². The fourth-order valence-electron chi connectivity index (χ4n) is 3.04. The molecule has 0 radical (unpaired) electrons. The van der Waals surface area contributed by atoms with Crippen LogP contribution in [0.15, 0.2) is 53.7 Å². The molecule has 0 spiro atoms. The Labute approximate surface area is 148 Å². The van der Waals surface area contributed by atoms with Crippen molar-refractivity contribution >= 4 is 17.6 Å². The lowest BCUT2D eigenvalue weighted by Crippen LogP contribution is -2.40. The molecule has 126 valence electrons. The second-order valence-corrected chi connectivity index (χ2v) is 6.39. The van der Waals surface area contributed by atoms with Gasteiger partial charge in [-0.05, 0) is 30.5 Å².